The fourth-order valence-corrected chi connectivity index (χ4v) is 5.17. The average molecular weight is 451 g/mol. The highest BCUT2D eigenvalue weighted by Gasteiger charge is 2.26. The van der Waals surface area contributed by atoms with Gasteiger partial charge in [-0.05, 0) is 6.07 Å². The van der Waals surface area contributed by atoms with E-state index in [0.29, 0.717) is 42.8 Å². The van der Waals surface area contributed by atoms with Crippen LogP contribution in [0.15, 0.2) is 24.4 Å². The zero-order valence-electron chi connectivity index (χ0n) is 17.4. The fraction of sp³-hybridized carbons (Fsp3) is 0.381. The molecule has 2 fully saturated rings. The van der Waals surface area contributed by atoms with Crippen LogP contribution in [0.1, 0.15) is 9.80 Å². The molecule has 2 saturated heterocycles. The van der Waals surface area contributed by atoms with Gasteiger partial charge in [0.05, 0.1) is 24.9 Å². The summed E-state index contributed by atoms with van der Waals surface area (Å²) in [5.41, 5.74) is 2.36. The maximum Gasteiger partial charge on any atom is 0.283 e. The van der Waals surface area contributed by atoms with Gasteiger partial charge in [0.15, 0.2) is 22.3 Å². The number of H-pyrrole nitrogens is 1. The first-order valence-corrected chi connectivity index (χ1v) is 11.5. The molecule has 0 radical (unpaired) electrons. The molecule has 1 aromatic carbocycles. The predicted octanol–water partition coefficient (Wildman–Crippen LogP) is 1.51. The Morgan fingerprint density at radius 1 is 1.06 bits per heavy atom. The summed E-state index contributed by atoms with van der Waals surface area (Å²) in [5.74, 6) is 1.35. The number of amides is 1. The molecule has 10 nitrogen and oxygen atoms in total. The number of aromatic amines is 1. The number of morpholine rings is 1. The van der Waals surface area contributed by atoms with Crippen molar-refractivity contribution in [3.05, 3.63) is 29.4 Å². The zero-order valence-corrected chi connectivity index (χ0v) is 18.2. The number of aromatic nitrogens is 5. The number of anilines is 1. The van der Waals surface area contributed by atoms with Gasteiger partial charge in [-0.3, -0.25) is 9.89 Å². The molecule has 0 saturated carbocycles. The molecule has 5 heterocycles. The van der Waals surface area contributed by atoms with Gasteiger partial charge in [-0.1, -0.05) is 12.1 Å². The number of piperazine rings is 1. The Morgan fingerprint density at radius 3 is 2.75 bits per heavy atom. The Balaban J connectivity index is 1.49. The second-order valence-electron chi connectivity index (χ2n) is 7.82. The molecule has 0 unspecified atom stereocenters. The van der Waals surface area contributed by atoms with Gasteiger partial charge in [-0.25, -0.2) is 15.0 Å². The largest absolute Gasteiger partial charge is 0.378 e. The fourth-order valence-electron chi connectivity index (χ4n) is 4.18. The van der Waals surface area contributed by atoms with Gasteiger partial charge in [-0.15, -0.1) is 11.3 Å². The molecular weight excluding hydrogens is 428 g/mol. The quantitative estimate of drug-likeness (QED) is 0.483. The van der Waals surface area contributed by atoms with Crippen LogP contribution < -0.4 is 10.2 Å². The number of ether oxygens (including phenoxy) is 1. The third-order valence-electron chi connectivity index (χ3n) is 5.86. The lowest BCUT2D eigenvalue weighted by Gasteiger charge is -2.28. The summed E-state index contributed by atoms with van der Waals surface area (Å²) in [4.78, 5) is 31.6. The highest BCUT2D eigenvalue weighted by Crippen LogP contribution is 2.34. The number of carbonyl (C=O) groups excluding carboxylic acids is 1. The summed E-state index contributed by atoms with van der Waals surface area (Å²) in [7, 11) is 0. The van der Waals surface area contributed by atoms with Gasteiger partial charge in [0, 0.05) is 50.2 Å². The molecule has 2 aliphatic rings. The van der Waals surface area contributed by atoms with Crippen molar-refractivity contribution in [2.24, 2.45) is 0 Å². The lowest BCUT2D eigenvalue weighted by molar-refractivity contribution is 0.0735. The number of carbonyl (C=O) groups is 1. The van der Waals surface area contributed by atoms with E-state index in [-0.39, 0.29) is 5.91 Å². The first-order valence-electron chi connectivity index (χ1n) is 10.7. The molecule has 0 spiro atoms. The van der Waals surface area contributed by atoms with Gasteiger partial charge in [-0.2, -0.15) is 5.10 Å². The molecule has 1 amide bonds. The summed E-state index contributed by atoms with van der Waals surface area (Å²) >= 11 is 1.38. The van der Waals surface area contributed by atoms with Gasteiger partial charge < -0.3 is 19.9 Å². The standard InChI is InChI=1S/C21H22N8O2S/c30-21(29-6-4-22-5-7-29)20-26-18-16(32-20)19(28-8-10-31-11-9-28)25-17(24-18)13-2-1-3-15-14(13)12-23-27-15/h1-3,12,22H,4-11H2,(H,23,27). The van der Waals surface area contributed by atoms with Crippen LogP contribution in [0.4, 0.5) is 5.82 Å². The molecule has 4 aromatic rings. The Bertz CT molecular complexity index is 1290. The number of hydrogen-bond donors (Lipinski definition) is 2. The minimum atomic E-state index is -0.0408. The number of fused-ring (bicyclic) bond motifs is 2. The van der Waals surface area contributed by atoms with Crippen molar-refractivity contribution >= 4 is 44.3 Å². The van der Waals surface area contributed by atoms with E-state index in [1.807, 2.05) is 23.1 Å². The Labute approximate surface area is 187 Å². The molecule has 0 bridgehead atoms. The Morgan fingerprint density at radius 2 is 1.91 bits per heavy atom. The van der Waals surface area contributed by atoms with Gasteiger partial charge in [0.2, 0.25) is 0 Å². The van der Waals surface area contributed by atoms with Crippen molar-refractivity contribution < 1.29 is 9.53 Å². The topological polar surface area (TPSA) is 112 Å². The van der Waals surface area contributed by atoms with Crippen LogP contribution in [0, 0.1) is 0 Å². The SMILES string of the molecule is O=C(c1nc2nc(-c3cccc4[nH]ncc34)nc(N3CCOCC3)c2s1)N1CCNCC1. The van der Waals surface area contributed by atoms with Crippen molar-refractivity contribution in [3.63, 3.8) is 0 Å². The van der Waals surface area contributed by atoms with E-state index < -0.39 is 0 Å². The zero-order chi connectivity index (χ0) is 21.5. The minimum absolute atomic E-state index is 0.0408. The monoisotopic (exact) mass is 450 g/mol. The average Bonchev–Trinajstić information content (AvgIpc) is 3.51. The van der Waals surface area contributed by atoms with Crippen LogP contribution in [0.5, 0.6) is 0 Å². The van der Waals surface area contributed by atoms with E-state index in [1.165, 1.54) is 11.3 Å². The number of rotatable bonds is 3. The molecule has 11 heteroatoms. The number of nitrogens with zero attached hydrogens (tertiary/aromatic N) is 6. The van der Waals surface area contributed by atoms with E-state index >= 15 is 0 Å². The lowest BCUT2D eigenvalue weighted by Crippen LogP contribution is -2.46. The van der Waals surface area contributed by atoms with Crippen LogP contribution >= 0.6 is 11.3 Å². The first kappa shape index (κ1) is 19.5. The van der Waals surface area contributed by atoms with Crippen molar-refractivity contribution in [1.29, 1.82) is 0 Å². The van der Waals surface area contributed by atoms with Gasteiger partial charge in [0.25, 0.3) is 5.91 Å². The maximum absolute atomic E-state index is 13.1. The highest BCUT2D eigenvalue weighted by molar-refractivity contribution is 7.20. The second-order valence-corrected chi connectivity index (χ2v) is 8.82. The van der Waals surface area contributed by atoms with Crippen molar-refractivity contribution in [1.82, 2.24) is 35.4 Å². The summed E-state index contributed by atoms with van der Waals surface area (Å²) in [6.45, 7) is 5.73. The van der Waals surface area contributed by atoms with E-state index in [0.717, 1.165) is 53.2 Å². The van der Waals surface area contributed by atoms with E-state index in [2.05, 4.69) is 25.4 Å². The molecule has 0 aliphatic carbocycles. The van der Waals surface area contributed by atoms with E-state index in [9.17, 15) is 4.79 Å². The molecular formula is C21H22N8O2S. The minimum Gasteiger partial charge on any atom is -0.378 e. The first-order chi connectivity index (χ1) is 15.8. The van der Waals surface area contributed by atoms with Gasteiger partial charge >= 0.3 is 0 Å². The Kier molecular flexibility index (Phi) is 4.93. The molecule has 0 atom stereocenters. The number of benzene rings is 1. The summed E-state index contributed by atoms with van der Waals surface area (Å²) in [6, 6.07) is 5.92. The van der Waals surface area contributed by atoms with Crippen LogP contribution in [-0.2, 0) is 4.74 Å². The summed E-state index contributed by atoms with van der Waals surface area (Å²) in [5, 5.41) is 11.9. The Hall–Kier alpha value is -3.15. The second kappa shape index (κ2) is 8.08. The molecule has 164 valence electrons. The van der Waals surface area contributed by atoms with Crippen LogP contribution in [0.3, 0.4) is 0 Å². The van der Waals surface area contributed by atoms with Crippen LogP contribution in [0.2, 0.25) is 0 Å². The smallest absolute Gasteiger partial charge is 0.283 e. The van der Waals surface area contributed by atoms with Crippen LogP contribution in [0.25, 0.3) is 32.6 Å². The van der Waals surface area contributed by atoms with Crippen LogP contribution in [-0.4, -0.2) is 88.4 Å². The summed E-state index contributed by atoms with van der Waals surface area (Å²) < 4.78 is 6.38. The molecule has 2 aliphatic heterocycles. The molecule has 3 aromatic heterocycles. The number of thiazole rings is 1. The molecule has 2 N–H and O–H groups in total. The van der Waals surface area contributed by atoms with Crippen molar-refractivity contribution in [2.45, 2.75) is 0 Å². The molecule has 32 heavy (non-hydrogen) atoms. The normalized spacial score (nSPS) is 17.4. The molecule has 6 rings (SSSR count). The van der Waals surface area contributed by atoms with E-state index in [4.69, 9.17) is 14.7 Å². The number of nitrogens with one attached hydrogen (secondary N) is 2. The van der Waals surface area contributed by atoms with E-state index in [1.54, 1.807) is 6.20 Å². The number of hydrogen-bond acceptors (Lipinski definition) is 9. The van der Waals surface area contributed by atoms with Crippen molar-refractivity contribution in [3.8, 4) is 11.4 Å². The van der Waals surface area contributed by atoms with Gasteiger partial charge in [0.1, 0.15) is 4.70 Å². The highest BCUT2D eigenvalue weighted by atomic mass is 32.1. The maximum atomic E-state index is 13.1. The third kappa shape index (κ3) is 3.38. The van der Waals surface area contributed by atoms with Crippen molar-refractivity contribution in [2.75, 3.05) is 57.4 Å². The lowest BCUT2D eigenvalue weighted by atomic mass is 10.1. The third-order valence-corrected chi connectivity index (χ3v) is 6.89. The predicted molar refractivity (Wildman–Crippen MR) is 122 cm³/mol. The summed E-state index contributed by atoms with van der Waals surface area (Å²) in [6.07, 6.45) is 1.78.